The molecule has 2 bridgehead atoms. The summed E-state index contributed by atoms with van der Waals surface area (Å²) in [6.45, 7) is 11.0. The Morgan fingerprint density at radius 3 is 2.55 bits per heavy atom. The molecule has 3 rings (SSSR count). The highest BCUT2D eigenvalue weighted by Gasteiger charge is 2.70. The Morgan fingerprint density at radius 1 is 1.40 bits per heavy atom. The second-order valence-corrected chi connectivity index (χ2v) is 8.67. The van der Waals surface area contributed by atoms with Crippen molar-refractivity contribution in [1.29, 1.82) is 0 Å². The van der Waals surface area contributed by atoms with Gasteiger partial charge in [0.05, 0.1) is 16.4 Å². The summed E-state index contributed by atoms with van der Waals surface area (Å²) in [6.07, 6.45) is 5.29. The van der Waals surface area contributed by atoms with Gasteiger partial charge in [-0.2, -0.15) is 5.10 Å². The van der Waals surface area contributed by atoms with E-state index in [4.69, 9.17) is 0 Å². The first-order chi connectivity index (χ1) is 9.15. The van der Waals surface area contributed by atoms with Crippen LogP contribution in [0.15, 0.2) is 10.7 Å². The Labute approximate surface area is 129 Å². The van der Waals surface area contributed by atoms with Crippen LogP contribution in [0.5, 0.6) is 0 Å². The maximum Gasteiger partial charge on any atom is 0.118 e. The van der Waals surface area contributed by atoms with Crippen molar-refractivity contribution in [2.75, 3.05) is 0 Å². The van der Waals surface area contributed by atoms with Crippen LogP contribution in [0.3, 0.4) is 0 Å². The predicted octanol–water partition coefficient (Wildman–Crippen LogP) is 4.26. The molecule has 4 heteroatoms. The molecule has 2 aliphatic carbocycles. The van der Waals surface area contributed by atoms with Crippen LogP contribution >= 0.6 is 15.9 Å². The van der Waals surface area contributed by atoms with E-state index in [1.54, 1.807) is 0 Å². The molecule has 1 N–H and O–H groups in total. The Kier molecular flexibility index (Phi) is 2.99. The van der Waals surface area contributed by atoms with Crippen LogP contribution in [-0.2, 0) is 5.60 Å². The normalized spacial score (nSPS) is 38.9. The van der Waals surface area contributed by atoms with E-state index in [0.717, 1.165) is 23.0 Å². The highest BCUT2D eigenvalue weighted by atomic mass is 79.9. The van der Waals surface area contributed by atoms with Crippen molar-refractivity contribution in [2.45, 2.75) is 65.5 Å². The number of hydrogen-bond donors (Lipinski definition) is 1. The third-order valence-electron chi connectivity index (χ3n) is 6.15. The molecule has 0 radical (unpaired) electrons. The molecule has 1 aromatic heterocycles. The van der Waals surface area contributed by atoms with E-state index < -0.39 is 5.60 Å². The quantitative estimate of drug-likeness (QED) is 0.873. The third-order valence-corrected chi connectivity index (χ3v) is 6.73. The van der Waals surface area contributed by atoms with E-state index in [9.17, 15) is 5.11 Å². The number of rotatable bonds is 2. The van der Waals surface area contributed by atoms with Crippen LogP contribution in [0.25, 0.3) is 0 Å². The van der Waals surface area contributed by atoms with Crippen molar-refractivity contribution in [3.05, 3.63) is 16.4 Å². The lowest BCUT2D eigenvalue weighted by molar-refractivity contribution is -0.157. The van der Waals surface area contributed by atoms with Crippen LogP contribution < -0.4 is 0 Å². The summed E-state index contributed by atoms with van der Waals surface area (Å²) < 4.78 is 2.94. The molecule has 0 saturated heterocycles. The molecule has 2 saturated carbocycles. The van der Waals surface area contributed by atoms with Gasteiger partial charge in [0.25, 0.3) is 0 Å². The average molecular weight is 341 g/mol. The molecule has 3 nitrogen and oxygen atoms in total. The van der Waals surface area contributed by atoms with Gasteiger partial charge in [0, 0.05) is 16.9 Å². The highest BCUT2D eigenvalue weighted by molar-refractivity contribution is 9.10. The van der Waals surface area contributed by atoms with Gasteiger partial charge in [-0.05, 0) is 55.0 Å². The molecule has 3 atom stereocenters. The molecule has 112 valence electrons. The molecule has 2 fully saturated rings. The van der Waals surface area contributed by atoms with Gasteiger partial charge in [-0.1, -0.05) is 20.8 Å². The Balaban J connectivity index is 2.25. The zero-order chi connectivity index (χ0) is 14.9. The minimum atomic E-state index is -0.817. The fraction of sp³-hybridized carbons (Fsp3) is 0.812. The first-order valence-corrected chi connectivity index (χ1v) is 8.40. The number of halogens is 1. The lowest BCUT2D eigenvalue weighted by Crippen LogP contribution is -2.52. The Hall–Kier alpha value is -0.350. The molecule has 0 aromatic carbocycles. The van der Waals surface area contributed by atoms with Gasteiger partial charge < -0.3 is 5.11 Å². The van der Waals surface area contributed by atoms with Crippen LogP contribution in [0, 0.1) is 16.7 Å². The highest BCUT2D eigenvalue weighted by Crippen LogP contribution is 2.72. The second-order valence-electron chi connectivity index (χ2n) is 7.81. The molecular formula is C16H25BrN2O. The Morgan fingerprint density at radius 2 is 2.05 bits per heavy atom. The molecule has 0 spiro atoms. The number of aliphatic hydroxyl groups is 1. The van der Waals surface area contributed by atoms with E-state index in [1.165, 1.54) is 6.42 Å². The van der Waals surface area contributed by atoms with Gasteiger partial charge in [0.15, 0.2) is 0 Å². The summed E-state index contributed by atoms with van der Waals surface area (Å²) in [5.74, 6) is 0.597. The lowest BCUT2D eigenvalue weighted by Gasteiger charge is -2.51. The molecule has 1 heterocycles. The molecule has 3 unspecified atom stereocenters. The number of hydrogen-bond acceptors (Lipinski definition) is 2. The van der Waals surface area contributed by atoms with Crippen molar-refractivity contribution >= 4 is 15.9 Å². The maximum absolute atomic E-state index is 11.8. The maximum atomic E-state index is 11.8. The van der Waals surface area contributed by atoms with Gasteiger partial charge in [0.2, 0.25) is 0 Å². The number of nitrogens with zero attached hydrogens (tertiary/aromatic N) is 2. The minimum absolute atomic E-state index is 0.0453. The smallest absolute Gasteiger partial charge is 0.118 e. The van der Waals surface area contributed by atoms with E-state index in [1.807, 2.05) is 10.9 Å². The third kappa shape index (κ3) is 1.47. The summed E-state index contributed by atoms with van der Waals surface area (Å²) in [5, 5.41) is 16.3. The summed E-state index contributed by atoms with van der Waals surface area (Å²) >= 11 is 3.63. The van der Waals surface area contributed by atoms with Crippen molar-refractivity contribution in [2.24, 2.45) is 16.7 Å². The molecular weight excluding hydrogens is 316 g/mol. The molecule has 0 amide bonds. The number of aromatic nitrogens is 2. The van der Waals surface area contributed by atoms with E-state index in [-0.39, 0.29) is 16.9 Å². The lowest BCUT2D eigenvalue weighted by atomic mass is 9.59. The predicted molar refractivity (Wildman–Crippen MR) is 83.4 cm³/mol. The fourth-order valence-corrected chi connectivity index (χ4v) is 5.48. The summed E-state index contributed by atoms with van der Waals surface area (Å²) in [6, 6.07) is 0.249. The van der Waals surface area contributed by atoms with Gasteiger partial charge in [-0.3, -0.25) is 4.68 Å². The molecule has 2 aliphatic rings. The van der Waals surface area contributed by atoms with Gasteiger partial charge in [0.1, 0.15) is 5.60 Å². The van der Waals surface area contributed by atoms with E-state index >= 15 is 0 Å². The van der Waals surface area contributed by atoms with Gasteiger partial charge >= 0.3 is 0 Å². The summed E-state index contributed by atoms with van der Waals surface area (Å²) in [5.41, 5.74) is -0.00384. The topological polar surface area (TPSA) is 38.0 Å². The van der Waals surface area contributed by atoms with Crippen molar-refractivity contribution in [1.82, 2.24) is 9.78 Å². The molecule has 20 heavy (non-hydrogen) atoms. The first-order valence-electron chi connectivity index (χ1n) is 7.61. The summed E-state index contributed by atoms with van der Waals surface area (Å²) in [4.78, 5) is 0. The largest absolute Gasteiger partial charge is 0.382 e. The van der Waals surface area contributed by atoms with E-state index in [2.05, 4.69) is 55.6 Å². The van der Waals surface area contributed by atoms with Gasteiger partial charge in [-0.15, -0.1) is 0 Å². The van der Waals surface area contributed by atoms with Crippen LogP contribution in [0.1, 0.15) is 65.6 Å². The van der Waals surface area contributed by atoms with Crippen molar-refractivity contribution in [3.8, 4) is 0 Å². The fourth-order valence-electron chi connectivity index (χ4n) is 4.92. The van der Waals surface area contributed by atoms with Crippen LogP contribution in [0.4, 0.5) is 0 Å². The summed E-state index contributed by atoms with van der Waals surface area (Å²) in [7, 11) is 0. The SMILES string of the molecule is CC(C)n1ncc(Br)c1C1(O)C2(C)CCC(C2)C1(C)C. The molecule has 1 aromatic rings. The monoisotopic (exact) mass is 340 g/mol. The zero-order valence-electron chi connectivity index (χ0n) is 13.1. The average Bonchev–Trinajstić information content (AvgIpc) is 2.95. The second kappa shape index (κ2) is 4.10. The van der Waals surface area contributed by atoms with Crippen LogP contribution in [0.2, 0.25) is 0 Å². The van der Waals surface area contributed by atoms with Crippen LogP contribution in [-0.4, -0.2) is 14.9 Å². The van der Waals surface area contributed by atoms with Crippen molar-refractivity contribution < 1.29 is 5.11 Å². The Bertz CT molecular complexity index is 544. The minimum Gasteiger partial charge on any atom is -0.382 e. The van der Waals surface area contributed by atoms with Crippen molar-refractivity contribution in [3.63, 3.8) is 0 Å². The first kappa shape index (κ1) is 14.6. The van der Waals surface area contributed by atoms with E-state index in [0.29, 0.717) is 5.92 Å². The van der Waals surface area contributed by atoms with Gasteiger partial charge in [-0.25, -0.2) is 0 Å². The number of fused-ring (bicyclic) bond motifs is 2. The molecule has 0 aliphatic heterocycles. The zero-order valence-corrected chi connectivity index (χ0v) is 14.7. The standard InChI is InChI=1S/C16H25BrN2O/c1-10(2)19-13(12(17)9-18-19)16(20)14(3,4)11-6-7-15(16,5)8-11/h9-11,20H,6-8H2,1-5H3.